The molecule has 1 nitrogen and oxygen atoms in total. The lowest BCUT2D eigenvalue weighted by Gasteiger charge is -2.11. The molecular weight excluding hydrogens is 202 g/mol. The molecule has 0 saturated carbocycles. The van der Waals surface area contributed by atoms with Crippen LogP contribution in [-0.2, 0) is 6.54 Å². The maximum atomic E-state index is 6.08. The second kappa shape index (κ2) is 4.89. The number of halogens is 1. The Bertz CT molecular complexity index is 286. The number of hydrogen-bond donors (Lipinski definition) is 1. The predicted octanol–water partition coefficient (Wildman–Crippen LogP) is 3.30. The molecular formula is C10H14ClNS. The highest BCUT2D eigenvalue weighted by Gasteiger charge is 2.07. The van der Waals surface area contributed by atoms with E-state index in [4.69, 9.17) is 17.3 Å². The molecule has 0 aromatic heterocycles. The molecule has 0 spiro atoms. The van der Waals surface area contributed by atoms with Gasteiger partial charge in [-0.15, -0.1) is 11.8 Å². The Labute approximate surface area is 88.7 Å². The molecule has 0 heterocycles. The molecule has 1 aromatic carbocycles. The minimum absolute atomic E-state index is 0.533. The van der Waals surface area contributed by atoms with Gasteiger partial charge in [0, 0.05) is 16.7 Å². The Morgan fingerprint density at radius 2 is 2.15 bits per heavy atom. The van der Waals surface area contributed by atoms with E-state index < -0.39 is 0 Å². The molecule has 0 unspecified atom stereocenters. The van der Waals surface area contributed by atoms with Crippen LogP contribution in [0.2, 0.25) is 5.02 Å². The zero-order valence-electron chi connectivity index (χ0n) is 7.88. The zero-order valence-corrected chi connectivity index (χ0v) is 9.45. The second-order valence-electron chi connectivity index (χ2n) is 3.10. The molecule has 0 radical (unpaired) electrons. The van der Waals surface area contributed by atoms with Crippen molar-refractivity contribution in [1.82, 2.24) is 0 Å². The van der Waals surface area contributed by atoms with E-state index in [1.54, 1.807) is 11.8 Å². The van der Waals surface area contributed by atoms with Gasteiger partial charge in [-0.2, -0.15) is 0 Å². The first-order valence-electron chi connectivity index (χ1n) is 4.29. The van der Waals surface area contributed by atoms with Gasteiger partial charge in [0.2, 0.25) is 0 Å². The van der Waals surface area contributed by atoms with E-state index in [0.29, 0.717) is 11.8 Å². The average Bonchev–Trinajstić information content (AvgIpc) is 2.08. The van der Waals surface area contributed by atoms with Gasteiger partial charge in [0.05, 0.1) is 5.02 Å². The predicted molar refractivity (Wildman–Crippen MR) is 60.3 cm³/mol. The maximum absolute atomic E-state index is 6.08. The fourth-order valence-corrected chi connectivity index (χ4v) is 2.36. The molecule has 0 aliphatic carbocycles. The van der Waals surface area contributed by atoms with Gasteiger partial charge in [0.15, 0.2) is 0 Å². The number of thioether (sulfide) groups is 1. The molecule has 0 aliphatic heterocycles. The first-order chi connectivity index (χ1) is 6.15. The third-order valence-electron chi connectivity index (χ3n) is 1.62. The fraction of sp³-hybridized carbons (Fsp3) is 0.400. The number of nitrogens with two attached hydrogens (primary N) is 1. The summed E-state index contributed by atoms with van der Waals surface area (Å²) in [5, 5.41) is 1.34. The SMILES string of the molecule is CC(C)Sc1c(Cl)cccc1CN. The third-order valence-corrected chi connectivity index (χ3v) is 3.24. The van der Waals surface area contributed by atoms with Gasteiger partial charge in [-0.3, -0.25) is 0 Å². The van der Waals surface area contributed by atoms with Gasteiger partial charge in [0.1, 0.15) is 0 Å². The summed E-state index contributed by atoms with van der Waals surface area (Å²) in [7, 11) is 0. The first kappa shape index (κ1) is 10.9. The van der Waals surface area contributed by atoms with Crippen LogP contribution >= 0.6 is 23.4 Å². The van der Waals surface area contributed by atoms with E-state index in [1.165, 1.54) is 0 Å². The number of benzene rings is 1. The van der Waals surface area contributed by atoms with Crippen molar-refractivity contribution in [3.63, 3.8) is 0 Å². The Balaban J connectivity index is 3.00. The standard InChI is InChI=1S/C10H14ClNS/c1-7(2)13-10-8(6-12)4-3-5-9(10)11/h3-5,7H,6,12H2,1-2H3. The van der Waals surface area contributed by atoms with Crippen molar-refractivity contribution in [2.45, 2.75) is 30.5 Å². The largest absolute Gasteiger partial charge is 0.326 e. The van der Waals surface area contributed by atoms with Gasteiger partial charge >= 0.3 is 0 Å². The van der Waals surface area contributed by atoms with Crippen LogP contribution < -0.4 is 5.73 Å². The normalized spacial score (nSPS) is 10.8. The Kier molecular flexibility index (Phi) is 4.10. The van der Waals surface area contributed by atoms with Crippen molar-refractivity contribution < 1.29 is 0 Å². The first-order valence-corrected chi connectivity index (χ1v) is 5.55. The van der Waals surface area contributed by atoms with E-state index in [9.17, 15) is 0 Å². The van der Waals surface area contributed by atoms with Crippen LogP contribution in [0.15, 0.2) is 23.1 Å². The van der Waals surface area contributed by atoms with E-state index in [0.717, 1.165) is 15.5 Å². The van der Waals surface area contributed by atoms with Gasteiger partial charge in [0.25, 0.3) is 0 Å². The lowest BCUT2D eigenvalue weighted by Crippen LogP contribution is -2.00. The Hall–Kier alpha value is -0.180. The van der Waals surface area contributed by atoms with Crippen LogP contribution in [-0.4, -0.2) is 5.25 Å². The minimum atomic E-state index is 0.533. The minimum Gasteiger partial charge on any atom is -0.326 e. The summed E-state index contributed by atoms with van der Waals surface area (Å²) in [5.41, 5.74) is 6.75. The summed E-state index contributed by atoms with van der Waals surface area (Å²) in [4.78, 5) is 1.13. The molecule has 0 saturated heterocycles. The van der Waals surface area contributed by atoms with Gasteiger partial charge in [-0.1, -0.05) is 37.6 Å². The van der Waals surface area contributed by atoms with Crippen molar-refractivity contribution in [3.05, 3.63) is 28.8 Å². The van der Waals surface area contributed by atoms with Gasteiger partial charge in [-0.05, 0) is 11.6 Å². The van der Waals surface area contributed by atoms with Gasteiger partial charge < -0.3 is 5.73 Å². The van der Waals surface area contributed by atoms with Crippen molar-refractivity contribution in [2.75, 3.05) is 0 Å². The van der Waals surface area contributed by atoms with Crippen LogP contribution in [0.5, 0.6) is 0 Å². The number of rotatable bonds is 3. The molecule has 0 fully saturated rings. The summed E-state index contributed by atoms with van der Waals surface area (Å²) in [6, 6.07) is 5.87. The monoisotopic (exact) mass is 215 g/mol. The van der Waals surface area contributed by atoms with E-state index in [2.05, 4.69) is 13.8 Å². The van der Waals surface area contributed by atoms with Crippen LogP contribution in [0.4, 0.5) is 0 Å². The van der Waals surface area contributed by atoms with E-state index in [1.807, 2.05) is 18.2 Å². The summed E-state index contributed by atoms with van der Waals surface area (Å²) in [6.07, 6.45) is 0. The summed E-state index contributed by atoms with van der Waals surface area (Å²) < 4.78 is 0. The lowest BCUT2D eigenvalue weighted by atomic mass is 10.2. The molecule has 0 aliphatic rings. The van der Waals surface area contributed by atoms with Crippen molar-refractivity contribution >= 4 is 23.4 Å². The van der Waals surface area contributed by atoms with Crippen molar-refractivity contribution in [3.8, 4) is 0 Å². The van der Waals surface area contributed by atoms with E-state index in [-0.39, 0.29) is 0 Å². The van der Waals surface area contributed by atoms with Gasteiger partial charge in [-0.25, -0.2) is 0 Å². The molecule has 2 N–H and O–H groups in total. The topological polar surface area (TPSA) is 26.0 Å². The van der Waals surface area contributed by atoms with Crippen LogP contribution in [0, 0.1) is 0 Å². The molecule has 0 amide bonds. The Morgan fingerprint density at radius 3 is 2.69 bits per heavy atom. The highest BCUT2D eigenvalue weighted by molar-refractivity contribution is 8.00. The van der Waals surface area contributed by atoms with Crippen molar-refractivity contribution in [1.29, 1.82) is 0 Å². The molecule has 3 heteroatoms. The van der Waals surface area contributed by atoms with Crippen LogP contribution in [0.1, 0.15) is 19.4 Å². The van der Waals surface area contributed by atoms with Crippen LogP contribution in [0.25, 0.3) is 0 Å². The Morgan fingerprint density at radius 1 is 1.46 bits per heavy atom. The van der Waals surface area contributed by atoms with E-state index >= 15 is 0 Å². The smallest absolute Gasteiger partial charge is 0.0545 e. The summed E-state index contributed by atoms with van der Waals surface area (Å²) >= 11 is 7.84. The fourth-order valence-electron chi connectivity index (χ4n) is 1.08. The molecule has 1 rings (SSSR count). The van der Waals surface area contributed by atoms with Crippen LogP contribution in [0.3, 0.4) is 0 Å². The molecule has 0 atom stereocenters. The highest BCUT2D eigenvalue weighted by Crippen LogP contribution is 2.33. The third kappa shape index (κ3) is 2.90. The molecule has 0 bridgehead atoms. The lowest BCUT2D eigenvalue weighted by molar-refractivity contribution is 1.02. The summed E-state index contributed by atoms with van der Waals surface area (Å²) in [6.45, 7) is 4.85. The highest BCUT2D eigenvalue weighted by atomic mass is 35.5. The summed E-state index contributed by atoms with van der Waals surface area (Å²) in [5.74, 6) is 0. The molecule has 13 heavy (non-hydrogen) atoms. The molecule has 1 aromatic rings. The quantitative estimate of drug-likeness (QED) is 0.784. The maximum Gasteiger partial charge on any atom is 0.0545 e. The molecule has 72 valence electrons. The van der Waals surface area contributed by atoms with Crippen molar-refractivity contribution in [2.24, 2.45) is 5.73 Å². The second-order valence-corrected chi connectivity index (χ2v) is 5.09. The average molecular weight is 216 g/mol. The zero-order chi connectivity index (χ0) is 9.84. The number of hydrogen-bond acceptors (Lipinski definition) is 2.